The smallest absolute Gasteiger partial charge is 0.114 e. The van der Waals surface area contributed by atoms with Gasteiger partial charge in [-0.2, -0.15) is 0 Å². The van der Waals surface area contributed by atoms with Crippen LogP contribution in [0.5, 0.6) is 0 Å². The molecule has 1 atom stereocenters. The van der Waals surface area contributed by atoms with Crippen LogP contribution in [-0.2, 0) is 4.74 Å². The van der Waals surface area contributed by atoms with Crippen LogP contribution >= 0.6 is 0 Å². The fourth-order valence-electron chi connectivity index (χ4n) is 2.09. The molecule has 3 nitrogen and oxygen atoms in total. The van der Waals surface area contributed by atoms with E-state index in [9.17, 15) is 0 Å². The van der Waals surface area contributed by atoms with Gasteiger partial charge in [-0.1, -0.05) is 6.07 Å². The predicted molar refractivity (Wildman–Crippen MR) is 64.2 cm³/mol. The molecule has 2 heterocycles. The minimum Gasteiger partial charge on any atom is -0.496 e. The second kappa shape index (κ2) is 4.66. The summed E-state index contributed by atoms with van der Waals surface area (Å²) in [5.41, 5.74) is 3.31. The molecule has 1 aliphatic heterocycles. The van der Waals surface area contributed by atoms with Gasteiger partial charge in [0.2, 0.25) is 0 Å². The molecular weight excluding hydrogens is 200 g/mol. The molecule has 0 spiro atoms. The molecule has 0 radical (unpaired) electrons. The highest BCUT2D eigenvalue weighted by Gasteiger charge is 2.20. The van der Waals surface area contributed by atoms with E-state index in [4.69, 9.17) is 4.74 Å². The minimum atomic E-state index is 0.135. The summed E-state index contributed by atoms with van der Waals surface area (Å²) < 4.78 is 5.62. The molecule has 0 amide bonds. The van der Waals surface area contributed by atoms with E-state index in [-0.39, 0.29) is 6.04 Å². The van der Waals surface area contributed by atoms with Crippen molar-refractivity contribution >= 4 is 0 Å². The molecule has 16 heavy (non-hydrogen) atoms. The molecule has 0 aromatic carbocycles. The number of likely N-dealkylation sites (N-methyl/N-ethyl adjacent to an activating group) is 1. The van der Waals surface area contributed by atoms with Crippen molar-refractivity contribution in [3.8, 4) is 0 Å². The first kappa shape index (κ1) is 11.1. The second-order valence-electron chi connectivity index (χ2n) is 4.09. The minimum absolute atomic E-state index is 0.135. The maximum absolute atomic E-state index is 5.62. The first-order chi connectivity index (χ1) is 7.72. The van der Waals surface area contributed by atoms with Crippen molar-refractivity contribution in [1.82, 2.24) is 10.3 Å². The topological polar surface area (TPSA) is 34.1 Å². The van der Waals surface area contributed by atoms with E-state index in [1.54, 1.807) is 0 Å². The Hall–Kier alpha value is -1.35. The Morgan fingerprint density at radius 3 is 2.75 bits per heavy atom. The Bertz CT molecular complexity index is 412. The first-order valence-electron chi connectivity index (χ1n) is 5.66. The Balaban J connectivity index is 2.32. The SMILES string of the molecule is CNC(C1=CCCO1)c1ccc(C)nc1C. The summed E-state index contributed by atoms with van der Waals surface area (Å²) in [6.45, 7) is 4.85. The molecule has 0 fully saturated rings. The monoisotopic (exact) mass is 218 g/mol. The van der Waals surface area contributed by atoms with Crippen LogP contribution in [0.4, 0.5) is 0 Å². The van der Waals surface area contributed by atoms with Gasteiger partial charge in [0.05, 0.1) is 12.6 Å². The van der Waals surface area contributed by atoms with Gasteiger partial charge in [0.1, 0.15) is 5.76 Å². The third kappa shape index (κ3) is 2.09. The van der Waals surface area contributed by atoms with Crippen molar-refractivity contribution in [2.75, 3.05) is 13.7 Å². The lowest BCUT2D eigenvalue weighted by Crippen LogP contribution is -2.20. The second-order valence-corrected chi connectivity index (χ2v) is 4.09. The highest BCUT2D eigenvalue weighted by Crippen LogP contribution is 2.27. The Kier molecular flexibility index (Phi) is 3.25. The van der Waals surface area contributed by atoms with Crippen molar-refractivity contribution in [1.29, 1.82) is 0 Å². The number of hydrogen-bond acceptors (Lipinski definition) is 3. The number of nitrogens with zero attached hydrogens (tertiary/aromatic N) is 1. The largest absolute Gasteiger partial charge is 0.496 e. The van der Waals surface area contributed by atoms with Gasteiger partial charge >= 0.3 is 0 Å². The van der Waals surface area contributed by atoms with E-state index in [2.05, 4.69) is 22.4 Å². The van der Waals surface area contributed by atoms with Crippen LogP contribution < -0.4 is 5.32 Å². The zero-order chi connectivity index (χ0) is 11.5. The van der Waals surface area contributed by atoms with Crippen LogP contribution in [0.1, 0.15) is 29.4 Å². The van der Waals surface area contributed by atoms with Crippen LogP contribution in [0, 0.1) is 13.8 Å². The maximum atomic E-state index is 5.62. The molecule has 0 saturated heterocycles. The van der Waals surface area contributed by atoms with Crippen LogP contribution in [0.2, 0.25) is 0 Å². The molecule has 1 unspecified atom stereocenters. The zero-order valence-corrected chi connectivity index (χ0v) is 10.1. The average Bonchev–Trinajstić information content (AvgIpc) is 2.75. The van der Waals surface area contributed by atoms with E-state index in [0.717, 1.165) is 30.2 Å². The van der Waals surface area contributed by atoms with Gasteiger partial charge in [-0.25, -0.2) is 0 Å². The average molecular weight is 218 g/mol. The van der Waals surface area contributed by atoms with Crippen LogP contribution in [0.3, 0.4) is 0 Å². The lowest BCUT2D eigenvalue weighted by atomic mass is 10.0. The van der Waals surface area contributed by atoms with E-state index in [0.29, 0.717) is 0 Å². The van der Waals surface area contributed by atoms with Gasteiger partial charge < -0.3 is 10.1 Å². The molecule has 86 valence electrons. The summed E-state index contributed by atoms with van der Waals surface area (Å²) in [5.74, 6) is 1.02. The summed E-state index contributed by atoms with van der Waals surface area (Å²) in [4.78, 5) is 4.49. The van der Waals surface area contributed by atoms with Crippen molar-refractivity contribution < 1.29 is 4.74 Å². The quantitative estimate of drug-likeness (QED) is 0.845. The van der Waals surface area contributed by atoms with Gasteiger partial charge in [0.25, 0.3) is 0 Å². The van der Waals surface area contributed by atoms with E-state index in [1.807, 2.05) is 27.0 Å². The Labute approximate surface area is 96.5 Å². The Morgan fingerprint density at radius 1 is 1.38 bits per heavy atom. The summed E-state index contributed by atoms with van der Waals surface area (Å²) in [7, 11) is 1.95. The fourth-order valence-corrected chi connectivity index (χ4v) is 2.09. The maximum Gasteiger partial charge on any atom is 0.114 e. The predicted octanol–water partition coefficient (Wildman–Crippen LogP) is 2.26. The summed E-state index contributed by atoms with van der Waals surface area (Å²) >= 11 is 0. The third-order valence-electron chi connectivity index (χ3n) is 2.88. The number of aryl methyl sites for hydroxylation is 2. The van der Waals surface area contributed by atoms with Crippen molar-refractivity contribution in [3.05, 3.63) is 40.9 Å². The van der Waals surface area contributed by atoms with Crippen LogP contribution in [0.15, 0.2) is 24.0 Å². The molecule has 2 rings (SSSR count). The number of hydrogen-bond donors (Lipinski definition) is 1. The van der Waals surface area contributed by atoms with Gasteiger partial charge in [0, 0.05) is 17.8 Å². The molecule has 1 N–H and O–H groups in total. The summed E-state index contributed by atoms with van der Waals surface area (Å²) in [6.07, 6.45) is 3.16. The summed E-state index contributed by atoms with van der Waals surface area (Å²) in [5, 5.41) is 3.29. The van der Waals surface area contributed by atoms with E-state index >= 15 is 0 Å². The standard InChI is InChI=1S/C13H18N2O/c1-9-6-7-11(10(2)15-9)13(14-3)12-5-4-8-16-12/h5-7,13-14H,4,8H2,1-3H3. The molecular formula is C13H18N2O. The van der Waals surface area contributed by atoms with Crippen molar-refractivity contribution in [3.63, 3.8) is 0 Å². The fraction of sp³-hybridized carbons (Fsp3) is 0.462. The van der Waals surface area contributed by atoms with Gasteiger partial charge in [-0.15, -0.1) is 0 Å². The van der Waals surface area contributed by atoms with Gasteiger partial charge in [-0.05, 0) is 38.6 Å². The number of nitrogens with one attached hydrogen (secondary N) is 1. The molecule has 0 aliphatic carbocycles. The number of ether oxygens (including phenoxy) is 1. The van der Waals surface area contributed by atoms with Gasteiger partial charge in [0.15, 0.2) is 0 Å². The van der Waals surface area contributed by atoms with E-state index < -0.39 is 0 Å². The number of pyridine rings is 1. The molecule has 3 heteroatoms. The normalized spacial score (nSPS) is 16.8. The molecule has 1 aromatic rings. The lowest BCUT2D eigenvalue weighted by Gasteiger charge is -2.19. The Morgan fingerprint density at radius 2 is 2.19 bits per heavy atom. The third-order valence-corrected chi connectivity index (χ3v) is 2.88. The lowest BCUT2D eigenvalue weighted by molar-refractivity contribution is 0.217. The number of aromatic nitrogens is 1. The van der Waals surface area contributed by atoms with Crippen LogP contribution in [-0.4, -0.2) is 18.6 Å². The molecule has 1 aromatic heterocycles. The number of rotatable bonds is 3. The van der Waals surface area contributed by atoms with Crippen LogP contribution in [0.25, 0.3) is 0 Å². The van der Waals surface area contributed by atoms with Crippen molar-refractivity contribution in [2.24, 2.45) is 0 Å². The molecule has 0 bridgehead atoms. The van der Waals surface area contributed by atoms with E-state index in [1.165, 1.54) is 5.56 Å². The highest BCUT2D eigenvalue weighted by molar-refractivity contribution is 5.31. The summed E-state index contributed by atoms with van der Waals surface area (Å²) in [6, 6.07) is 4.30. The van der Waals surface area contributed by atoms with Gasteiger partial charge in [-0.3, -0.25) is 4.98 Å². The molecule has 0 saturated carbocycles. The zero-order valence-electron chi connectivity index (χ0n) is 10.1. The van der Waals surface area contributed by atoms with Crippen molar-refractivity contribution in [2.45, 2.75) is 26.3 Å². The molecule has 1 aliphatic rings. The highest BCUT2D eigenvalue weighted by atomic mass is 16.5. The first-order valence-corrected chi connectivity index (χ1v) is 5.66.